The van der Waals surface area contributed by atoms with Crippen LogP contribution in [0, 0.1) is 11.8 Å². The predicted molar refractivity (Wildman–Crippen MR) is 69.4 cm³/mol. The van der Waals surface area contributed by atoms with Crippen LogP contribution in [0.25, 0.3) is 0 Å². The van der Waals surface area contributed by atoms with Crippen molar-refractivity contribution in [3.8, 4) is 0 Å². The van der Waals surface area contributed by atoms with Crippen molar-refractivity contribution in [2.24, 2.45) is 17.6 Å². The van der Waals surface area contributed by atoms with Crippen molar-refractivity contribution in [1.29, 1.82) is 0 Å². The van der Waals surface area contributed by atoms with E-state index in [0.717, 1.165) is 18.4 Å². The monoisotopic (exact) mass is 224 g/mol. The molecule has 0 spiro atoms. The number of piperidine rings is 1. The summed E-state index contributed by atoms with van der Waals surface area (Å²) in [6.07, 6.45) is 9.96. The Morgan fingerprint density at radius 1 is 1.12 bits per heavy atom. The van der Waals surface area contributed by atoms with Gasteiger partial charge in [0.25, 0.3) is 0 Å². The summed E-state index contributed by atoms with van der Waals surface area (Å²) >= 11 is 0. The topological polar surface area (TPSA) is 29.3 Å². The normalized spacial score (nSPS) is 31.5. The minimum absolute atomic E-state index is 0.683. The zero-order chi connectivity index (χ0) is 11.4. The summed E-state index contributed by atoms with van der Waals surface area (Å²) < 4.78 is 0. The largest absolute Gasteiger partial charge is 0.329 e. The first-order chi connectivity index (χ1) is 7.81. The molecule has 0 aromatic rings. The molecule has 2 atom stereocenters. The Labute approximate surface area is 101 Å². The van der Waals surface area contributed by atoms with E-state index < -0.39 is 0 Å². The highest BCUT2D eigenvalue weighted by Crippen LogP contribution is 2.30. The molecule has 2 rings (SSSR count). The first-order valence-corrected chi connectivity index (χ1v) is 7.25. The standard InChI is InChI=1S/C14H28N2/c1-12-6-5-9-16(11-12)14(10-15)13-7-3-2-4-8-13/h12-14H,2-11,15H2,1H3. The van der Waals surface area contributed by atoms with Gasteiger partial charge in [0.2, 0.25) is 0 Å². The lowest BCUT2D eigenvalue weighted by Crippen LogP contribution is -2.49. The first-order valence-electron chi connectivity index (χ1n) is 7.25. The van der Waals surface area contributed by atoms with Crippen LogP contribution in [0.1, 0.15) is 51.9 Å². The molecule has 2 heteroatoms. The Bertz CT molecular complexity index is 199. The number of hydrogen-bond acceptors (Lipinski definition) is 2. The summed E-state index contributed by atoms with van der Waals surface area (Å²) in [4.78, 5) is 2.70. The maximum Gasteiger partial charge on any atom is 0.0246 e. The third-order valence-electron chi connectivity index (χ3n) is 4.59. The summed E-state index contributed by atoms with van der Waals surface area (Å²) in [6.45, 7) is 5.85. The van der Waals surface area contributed by atoms with Gasteiger partial charge in [-0.1, -0.05) is 26.2 Å². The molecule has 0 bridgehead atoms. The summed E-state index contributed by atoms with van der Waals surface area (Å²) in [7, 11) is 0. The quantitative estimate of drug-likeness (QED) is 0.798. The van der Waals surface area contributed by atoms with Gasteiger partial charge in [-0.05, 0) is 44.1 Å². The molecular weight excluding hydrogens is 196 g/mol. The molecule has 0 radical (unpaired) electrons. The smallest absolute Gasteiger partial charge is 0.0246 e. The van der Waals surface area contributed by atoms with Gasteiger partial charge in [-0.25, -0.2) is 0 Å². The summed E-state index contributed by atoms with van der Waals surface area (Å²) in [5.74, 6) is 1.77. The van der Waals surface area contributed by atoms with Crippen molar-refractivity contribution in [3.63, 3.8) is 0 Å². The fourth-order valence-electron chi connectivity index (χ4n) is 3.69. The van der Waals surface area contributed by atoms with Gasteiger partial charge >= 0.3 is 0 Å². The molecule has 0 amide bonds. The maximum atomic E-state index is 6.04. The molecule has 2 nitrogen and oxygen atoms in total. The zero-order valence-electron chi connectivity index (χ0n) is 10.8. The van der Waals surface area contributed by atoms with E-state index >= 15 is 0 Å². The van der Waals surface area contributed by atoms with Gasteiger partial charge in [0, 0.05) is 19.1 Å². The Morgan fingerprint density at radius 3 is 2.50 bits per heavy atom. The molecule has 2 N–H and O–H groups in total. The van der Waals surface area contributed by atoms with Crippen LogP contribution >= 0.6 is 0 Å². The average molecular weight is 224 g/mol. The maximum absolute atomic E-state index is 6.04. The molecule has 2 aliphatic rings. The second-order valence-electron chi connectivity index (χ2n) is 5.94. The molecule has 0 aromatic heterocycles. The highest BCUT2D eigenvalue weighted by molar-refractivity contribution is 4.85. The van der Waals surface area contributed by atoms with Crippen LogP contribution < -0.4 is 5.73 Å². The van der Waals surface area contributed by atoms with E-state index in [4.69, 9.17) is 5.73 Å². The summed E-state index contributed by atoms with van der Waals surface area (Å²) in [6, 6.07) is 0.683. The van der Waals surface area contributed by atoms with Crippen LogP contribution in [0.2, 0.25) is 0 Å². The van der Waals surface area contributed by atoms with Crippen molar-refractivity contribution < 1.29 is 0 Å². The molecular formula is C14H28N2. The lowest BCUT2D eigenvalue weighted by molar-refractivity contribution is 0.0808. The van der Waals surface area contributed by atoms with Crippen molar-refractivity contribution in [1.82, 2.24) is 4.90 Å². The van der Waals surface area contributed by atoms with Crippen LogP contribution in [-0.4, -0.2) is 30.6 Å². The molecule has 16 heavy (non-hydrogen) atoms. The van der Waals surface area contributed by atoms with Crippen LogP contribution in [0.4, 0.5) is 0 Å². The lowest BCUT2D eigenvalue weighted by atomic mass is 9.82. The lowest BCUT2D eigenvalue weighted by Gasteiger charge is -2.41. The van der Waals surface area contributed by atoms with Crippen molar-refractivity contribution in [2.45, 2.75) is 57.9 Å². The second kappa shape index (κ2) is 6.02. The molecule has 1 aliphatic carbocycles. The minimum atomic E-state index is 0.683. The molecule has 0 aromatic carbocycles. The van der Waals surface area contributed by atoms with E-state index in [1.54, 1.807) is 0 Å². The molecule has 2 unspecified atom stereocenters. The highest BCUT2D eigenvalue weighted by atomic mass is 15.2. The second-order valence-corrected chi connectivity index (χ2v) is 5.94. The van der Waals surface area contributed by atoms with Gasteiger partial charge in [0.05, 0.1) is 0 Å². The number of nitrogens with two attached hydrogens (primary N) is 1. The molecule has 1 heterocycles. The van der Waals surface area contributed by atoms with Gasteiger partial charge in [0.1, 0.15) is 0 Å². The van der Waals surface area contributed by atoms with E-state index in [2.05, 4.69) is 11.8 Å². The number of likely N-dealkylation sites (tertiary alicyclic amines) is 1. The minimum Gasteiger partial charge on any atom is -0.329 e. The number of hydrogen-bond donors (Lipinski definition) is 1. The molecule has 1 saturated carbocycles. The van der Waals surface area contributed by atoms with Crippen LogP contribution in [0.3, 0.4) is 0 Å². The average Bonchev–Trinajstić information content (AvgIpc) is 2.31. The third kappa shape index (κ3) is 2.98. The van der Waals surface area contributed by atoms with E-state index in [1.807, 2.05) is 0 Å². The highest BCUT2D eigenvalue weighted by Gasteiger charge is 2.29. The van der Waals surface area contributed by atoms with Crippen LogP contribution in [-0.2, 0) is 0 Å². The van der Waals surface area contributed by atoms with Crippen molar-refractivity contribution >= 4 is 0 Å². The van der Waals surface area contributed by atoms with Crippen molar-refractivity contribution in [2.75, 3.05) is 19.6 Å². The summed E-state index contributed by atoms with van der Waals surface area (Å²) in [5, 5.41) is 0. The molecule has 94 valence electrons. The van der Waals surface area contributed by atoms with Gasteiger partial charge < -0.3 is 5.73 Å². The SMILES string of the molecule is CC1CCCN(C(CN)C2CCCCC2)C1. The van der Waals surface area contributed by atoms with Crippen LogP contribution in [0.15, 0.2) is 0 Å². The van der Waals surface area contributed by atoms with Crippen LogP contribution in [0.5, 0.6) is 0 Å². The Balaban J connectivity index is 1.91. The van der Waals surface area contributed by atoms with Gasteiger partial charge in [-0.3, -0.25) is 4.90 Å². The van der Waals surface area contributed by atoms with Gasteiger partial charge in [-0.2, -0.15) is 0 Å². The van der Waals surface area contributed by atoms with E-state index in [1.165, 1.54) is 58.0 Å². The molecule has 1 saturated heterocycles. The zero-order valence-corrected chi connectivity index (χ0v) is 10.8. The Hall–Kier alpha value is -0.0800. The molecule has 1 aliphatic heterocycles. The van der Waals surface area contributed by atoms with Gasteiger partial charge in [0.15, 0.2) is 0 Å². The van der Waals surface area contributed by atoms with Gasteiger partial charge in [-0.15, -0.1) is 0 Å². The Morgan fingerprint density at radius 2 is 1.88 bits per heavy atom. The number of nitrogens with zero attached hydrogens (tertiary/aromatic N) is 1. The van der Waals surface area contributed by atoms with E-state index in [-0.39, 0.29) is 0 Å². The third-order valence-corrected chi connectivity index (χ3v) is 4.59. The van der Waals surface area contributed by atoms with Crippen molar-refractivity contribution in [3.05, 3.63) is 0 Å². The van der Waals surface area contributed by atoms with E-state index in [9.17, 15) is 0 Å². The molecule has 2 fully saturated rings. The fourth-order valence-corrected chi connectivity index (χ4v) is 3.69. The number of rotatable bonds is 3. The Kier molecular flexibility index (Phi) is 4.66. The first kappa shape index (κ1) is 12.4. The fraction of sp³-hybridized carbons (Fsp3) is 1.00. The predicted octanol–water partition coefficient (Wildman–Crippen LogP) is 2.63. The summed E-state index contributed by atoms with van der Waals surface area (Å²) in [5.41, 5.74) is 6.04. The van der Waals surface area contributed by atoms with E-state index in [0.29, 0.717) is 6.04 Å².